The Kier molecular flexibility index (Phi) is 4.51. The van der Waals surface area contributed by atoms with Gasteiger partial charge in [-0.15, -0.1) is 0 Å². The lowest BCUT2D eigenvalue weighted by atomic mass is 10.2. The first-order chi connectivity index (χ1) is 10.2. The molecule has 1 aromatic carbocycles. The number of aliphatic hydroxyl groups is 1. The largest absolute Gasteiger partial charge is 0.394 e. The van der Waals surface area contributed by atoms with Crippen molar-refractivity contribution >= 4 is 23.1 Å². The van der Waals surface area contributed by atoms with E-state index in [4.69, 9.17) is 9.84 Å². The van der Waals surface area contributed by atoms with E-state index in [9.17, 15) is 8.78 Å². The number of aliphatic hydroxyl groups excluding tert-OH is 1. The zero-order valence-electron chi connectivity index (χ0n) is 11.6. The molecule has 1 N–H and O–H groups in total. The molecule has 1 atom stereocenters. The monoisotopic (exact) mass is 316 g/mol. The number of hydrogen-bond acceptors (Lipinski definition) is 5. The average Bonchev–Trinajstić information content (AvgIpc) is 2.96. The lowest BCUT2D eigenvalue weighted by molar-refractivity contribution is 0.0645. The third kappa shape index (κ3) is 3.09. The van der Waals surface area contributed by atoms with Crippen molar-refractivity contribution < 1.29 is 18.6 Å². The lowest BCUT2D eigenvalue weighted by Gasteiger charge is -2.29. The first kappa shape index (κ1) is 14.9. The Morgan fingerprint density at radius 2 is 1.86 bits per heavy atom. The van der Waals surface area contributed by atoms with Gasteiger partial charge in [-0.2, -0.15) is 11.8 Å². The second kappa shape index (κ2) is 6.37. The van der Waals surface area contributed by atoms with Crippen LogP contribution < -0.4 is 9.80 Å². The Hall–Kier alpha value is -1.05. The molecule has 0 aliphatic carbocycles. The minimum Gasteiger partial charge on any atom is -0.394 e. The minimum atomic E-state index is -0.538. The summed E-state index contributed by atoms with van der Waals surface area (Å²) >= 11 is 1.80. The van der Waals surface area contributed by atoms with Crippen molar-refractivity contribution in [2.45, 2.75) is 6.10 Å². The van der Waals surface area contributed by atoms with Crippen LogP contribution in [0.15, 0.2) is 12.1 Å². The summed E-state index contributed by atoms with van der Waals surface area (Å²) in [6.45, 7) is 1.92. The van der Waals surface area contributed by atoms with Crippen LogP contribution in [0.4, 0.5) is 20.2 Å². The molecule has 7 heteroatoms. The summed E-state index contributed by atoms with van der Waals surface area (Å²) in [5.74, 6) is 0.700. The Labute approximate surface area is 126 Å². The summed E-state index contributed by atoms with van der Waals surface area (Å²) in [4.78, 5) is 3.49. The highest BCUT2D eigenvalue weighted by Crippen LogP contribution is 2.31. The molecular formula is C14H18F2N2O2S. The molecule has 3 rings (SSSR count). The summed E-state index contributed by atoms with van der Waals surface area (Å²) in [6, 6.07) is 2.70. The number of thioether (sulfide) groups is 1. The molecule has 0 radical (unpaired) electrons. The third-order valence-electron chi connectivity index (χ3n) is 3.79. The SMILES string of the molecule is OC[C@H]1CN(c2cc(F)c(N3CCSCC3)c(F)c2)CO1. The first-order valence-electron chi connectivity index (χ1n) is 6.98. The van der Waals surface area contributed by atoms with Gasteiger partial charge in [-0.05, 0) is 12.1 Å². The van der Waals surface area contributed by atoms with Crippen LogP contribution in [0.5, 0.6) is 0 Å². The van der Waals surface area contributed by atoms with E-state index in [0.29, 0.717) is 25.3 Å². The highest BCUT2D eigenvalue weighted by molar-refractivity contribution is 7.99. The fourth-order valence-electron chi connectivity index (χ4n) is 2.66. The second-order valence-electron chi connectivity index (χ2n) is 5.18. The van der Waals surface area contributed by atoms with Crippen molar-refractivity contribution in [3.8, 4) is 0 Å². The summed E-state index contributed by atoms with van der Waals surface area (Å²) < 4.78 is 34.0. The van der Waals surface area contributed by atoms with E-state index < -0.39 is 11.6 Å². The highest BCUT2D eigenvalue weighted by Gasteiger charge is 2.26. The van der Waals surface area contributed by atoms with Gasteiger partial charge < -0.3 is 19.6 Å². The Morgan fingerprint density at radius 1 is 1.19 bits per heavy atom. The van der Waals surface area contributed by atoms with Crippen LogP contribution in [-0.4, -0.2) is 55.7 Å². The third-order valence-corrected chi connectivity index (χ3v) is 4.73. The van der Waals surface area contributed by atoms with Gasteiger partial charge >= 0.3 is 0 Å². The van der Waals surface area contributed by atoms with Gasteiger partial charge in [0.2, 0.25) is 0 Å². The van der Waals surface area contributed by atoms with E-state index in [1.54, 1.807) is 21.6 Å². The van der Waals surface area contributed by atoms with Crippen LogP contribution in [0.25, 0.3) is 0 Å². The van der Waals surface area contributed by atoms with Crippen molar-refractivity contribution in [1.82, 2.24) is 0 Å². The Bertz CT molecular complexity index is 489. The van der Waals surface area contributed by atoms with Crippen LogP contribution in [0, 0.1) is 11.6 Å². The van der Waals surface area contributed by atoms with E-state index in [2.05, 4.69) is 0 Å². The molecule has 116 valence electrons. The number of hydrogen-bond donors (Lipinski definition) is 1. The molecule has 0 amide bonds. The Morgan fingerprint density at radius 3 is 2.43 bits per heavy atom. The number of anilines is 2. The maximum Gasteiger partial charge on any atom is 0.151 e. The van der Waals surface area contributed by atoms with E-state index in [-0.39, 0.29) is 25.1 Å². The average molecular weight is 316 g/mol. The van der Waals surface area contributed by atoms with Crippen molar-refractivity contribution in [2.75, 3.05) is 54.3 Å². The molecule has 2 fully saturated rings. The summed E-state index contributed by atoms with van der Waals surface area (Å²) in [6.07, 6.45) is -0.296. The van der Waals surface area contributed by atoms with Crippen molar-refractivity contribution in [3.05, 3.63) is 23.8 Å². The molecule has 2 heterocycles. The second-order valence-corrected chi connectivity index (χ2v) is 6.40. The van der Waals surface area contributed by atoms with Crippen LogP contribution in [0.1, 0.15) is 0 Å². The van der Waals surface area contributed by atoms with Crippen LogP contribution in [0.3, 0.4) is 0 Å². The summed E-state index contributed by atoms with van der Waals surface area (Å²) in [5.41, 5.74) is 0.522. The van der Waals surface area contributed by atoms with E-state index in [0.717, 1.165) is 11.5 Å². The van der Waals surface area contributed by atoms with E-state index >= 15 is 0 Å². The molecule has 0 saturated carbocycles. The van der Waals surface area contributed by atoms with E-state index in [1.807, 2.05) is 0 Å². The molecule has 0 bridgehead atoms. The summed E-state index contributed by atoms with van der Waals surface area (Å²) in [5, 5.41) is 9.05. The molecule has 0 aromatic heterocycles. The summed E-state index contributed by atoms with van der Waals surface area (Å²) in [7, 11) is 0. The van der Waals surface area contributed by atoms with E-state index in [1.165, 1.54) is 12.1 Å². The molecule has 2 aliphatic rings. The minimum absolute atomic E-state index is 0.0675. The molecular weight excluding hydrogens is 298 g/mol. The van der Waals surface area contributed by atoms with Gasteiger partial charge in [0, 0.05) is 36.8 Å². The van der Waals surface area contributed by atoms with Gasteiger partial charge in [0.1, 0.15) is 18.5 Å². The fourth-order valence-corrected chi connectivity index (χ4v) is 3.56. The standard InChI is InChI=1S/C14H18F2N2O2S/c15-12-5-10(18-7-11(8-19)20-9-18)6-13(16)14(12)17-1-3-21-4-2-17/h5-6,11,19H,1-4,7-9H2/t11-/m1/s1. The van der Waals surface area contributed by atoms with Gasteiger partial charge in [0.25, 0.3) is 0 Å². The molecule has 1 aromatic rings. The van der Waals surface area contributed by atoms with Gasteiger partial charge in [0.15, 0.2) is 11.6 Å². The zero-order chi connectivity index (χ0) is 14.8. The topological polar surface area (TPSA) is 35.9 Å². The van der Waals surface area contributed by atoms with Crippen molar-refractivity contribution in [2.24, 2.45) is 0 Å². The lowest BCUT2D eigenvalue weighted by Crippen LogP contribution is -2.34. The predicted molar refractivity (Wildman–Crippen MR) is 80.1 cm³/mol. The molecule has 21 heavy (non-hydrogen) atoms. The number of ether oxygens (including phenoxy) is 1. The molecule has 2 saturated heterocycles. The molecule has 2 aliphatic heterocycles. The normalized spacial score (nSPS) is 22.9. The number of halogens is 2. The van der Waals surface area contributed by atoms with Gasteiger partial charge in [-0.3, -0.25) is 0 Å². The van der Waals surface area contributed by atoms with Crippen LogP contribution in [0.2, 0.25) is 0 Å². The smallest absolute Gasteiger partial charge is 0.151 e. The molecule has 0 spiro atoms. The number of benzene rings is 1. The van der Waals surface area contributed by atoms with Crippen LogP contribution >= 0.6 is 11.8 Å². The van der Waals surface area contributed by atoms with Gasteiger partial charge in [-0.1, -0.05) is 0 Å². The maximum absolute atomic E-state index is 14.3. The predicted octanol–water partition coefficient (Wildman–Crippen LogP) is 1.67. The highest BCUT2D eigenvalue weighted by atomic mass is 32.2. The first-order valence-corrected chi connectivity index (χ1v) is 8.13. The van der Waals surface area contributed by atoms with Crippen molar-refractivity contribution in [3.63, 3.8) is 0 Å². The Balaban J connectivity index is 1.82. The van der Waals surface area contributed by atoms with Gasteiger partial charge in [0.05, 0.1) is 6.61 Å². The zero-order valence-corrected chi connectivity index (χ0v) is 12.4. The quantitative estimate of drug-likeness (QED) is 0.918. The number of nitrogens with zero attached hydrogens (tertiary/aromatic N) is 2. The number of rotatable bonds is 3. The maximum atomic E-state index is 14.3. The van der Waals surface area contributed by atoms with Crippen molar-refractivity contribution in [1.29, 1.82) is 0 Å². The molecule has 4 nitrogen and oxygen atoms in total. The molecule has 0 unspecified atom stereocenters. The fraction of sp³-hybridized carbons (Fsp3) is 0.571. The van der Waals surface area contributed by atoms with Gasteiger partial charge in [-0.25, -0.2) is 8.78 Å². The van der Waals surface area contributed by atoms with Crippen LogP contribution in [-0.2, 0) is 4.74 Å².